The van der Waals surface area contributed by atoms with Crippen molar-refractivity contribution in [1.29, 1.82) is 0 Å². The van der Waals surface area contributed by atoms with E-state index in [1.54, 1.807) is 0 Å². The van der Waals surface area contributed by atoms with Crippen molar-refractivity contribution in [2.75, 3.05) is 6.61 Å². The van der Waals surface area contributed by atoms with Gasteiger partial charge in [-0.3, -0.25) is 0 Å². The maximum absolute atomic E-state index is 11.3. The number of rotatable bonds is 7. The van der Waals surface area contributed by atoms with Crippen LogP contribution in [0.2, 0.25) is 0 Å². The molecule has 0 bridgehead atoms. The van der Waals surface area contributed by atoms with Crippen molar-refractivity contribution in [1.82, 2.24) is 5.32 Å². The zero-order valence-corrected chi connectivity index (χ0v) is 11.3. The Morgan fingerprint density at radius 3 is 2.19 bits per heavy atom. The van der Waals surface area contributed by atoms with Crippen LogP contribution in [0.1, 0.15) is 66.2 Å². The van der Waals surface area contributed by atoms with Gasteiger partial charge in [-0.15, -0.1) is 0 Å². The maximum Gasteiger partial charge on any atom is 0.407 e. The normalized spacial score (nSPS) is 11.2. The molecule has 0 aliphatic rings. The topological polar surface area (TPSA) is 38.3 Å². The standard InChI is InChI=1S/C13H27NO2/c1-5-6-7-8-9-10-11-16-12(15)14-13(2,3)4/h5-11H2,1-4H3,(H,14,15). The van der Waals surface area contributed by atoms with Crippen LogP contribution in [0.15, 0.2) is 0 Å². The number of carbonyl (C=O) groups is 1. The van der Waals surface area contributed by atoms with E-state index in [0.29, 0.717) is 6.61 Å². The molecule has 0 rings (SSSR count). The first-order chi connectivity index (χ1) is 7.45. The first-order valence-electron chi connectivity index (χ1n) is 6.40. The Morgan fingerprint density at radius 2 is 1.62 bits per heavy atom. The molecule has 16 heavy (non-hydrogen) atoms. The predicted molar refractivity (Wildman–Crippen MR) is 67.6 cm³/mol. The van der Waals surface area contributed by atoms with Crippen molar-refractivity contribution < 1.29 is 9.53 Å². The summed E-state index contributed by atoms with van der Waals surface area (Å²) >= 11 is 0. The fourth-order valence-corrected chi connectivity index (χ4v) is 1.39. The van der Waals surface area contributed by atoms with Gasteiger partial charge in [0.25, 0.3) is 0 Å². The highest BCUT2D eigenvalue weighted by Crippen LogP contribution is 2.05. The van der Waals surface area contributed by atoms with Gasteiger partial charge in [-0.2, -0.15) is 0 Å². The molecule has 0 unspecified atom stereocenters. The molecule has 96 valence electrons. The monoisotopic (exact) mass is 229 g/mol. The second-order valence-electron chi connectivity index (χ2n) is 5.28. The minimum atomic E-state index is -0.305. The second-order valence-corrected chi connectivity index (χ2v) is 5.28. The van der Waals surface area contributed by atoms with Crippen LogP contribution in [0, 0.1) is 0 Å². The SMILES string of the molecule is CCCCCCCCOC(=O)NC(C)(C)C. The summed E-state index contributed by atoms with van der Waals surface area (Å²) in [5, 5.41) is 2.77. The van der Waals surface area contributed by atoms with E-state index < -0.39 is 0 Å². The molecule has 3 nitrogen and oxygen atoms in total. The molecule has 0 fully saturated rings. The van der Waals surface area contributed by atoms with Crippen LogP contribution in [0.4, 0.5) is 4.79 Å². The van der Waals surface area contributed by atoms with Crippen molar-refractivity contribution in [3.63, 3.8) is 0 Å². The lowest BCUT2D eigenvalue weighted by molar-refractivity contribution is 0.135. The van der Waals surface area contributed by atoms with E-state index in [0.717, 1.165) is 12.8 Å². The second kappa shape index (κ2) is 8.43. The van der Waals surface area contributed by atoms with Gasteiger partial charge in [0.05, 0.1) is 6.61 Å². The van der Waals surface area contributed by atoms with Crippen molar-refractivity contribution in [2.24, 2.45) is 0 Å². The number of amides is 1. The molecule has 0 aliphatic carbocycles. The van der Waals surface area contributed by atoms with E-state index in [2.05, 4.69) is 12.2 Å². The maximum atomic E-state index is 11.3. The number of ether oxygens (including phenoxy) is 1. The molecule has 0 heterocycles. The van der Waals surface area contributed by atoms with Crippen LogP contribution in [-0.4, -0.2) is 18.2 Å². The summed E-state index contributed by atoms with van der Waals surface area (Å²) in [4.78, 5) is 11.3. The Bertz CT molecular complexity index is 185. The zero-order chi connectivity index (χ0) is 12.4. The van der Waals surface area contributed by atoms with Gasteiger partial charge < -0.3 is 10.1 Å². The molecule has 0 aromatic heterocycles. The fourth-order valence-electron chi connectivity index (χ4n) is 1.39. The molecular formula is C13H27NO2. The molecule has 1 N–H and O–H groups in total. The minimum Gasteiger partial charge on any atom is -0.450 e. The van der Waals surface area contributed by atoms with E-state index >= 15 is 0 Å². The van der Waals surface area contributed by atoms with E-state index in [4.69, 9.17) is 4.74 Å². The molecule has 3 heteroatoms. The Balaban J connectivity index is 3.28. The molecule has 0 aliphatic heterocycles. The summed E-state index contributed by atoms with van der Waals surface area (Å²) < 4.78 is 5.07. The predicted octanol–water partition coefficient (Wildman–Crippen LogP) is 3.87. The number of alkyl carbamates (subject to hydrolysis) is 1. The number of unbranched alkanes of at least 4 members (excludes halogenated alkanes) is 5. The van der Waals surface area contributed by atoms with E-state index in [1.165, 1.54) is 25.7 Å². The Labute approximate surface area is 99.9 Å². The van der Waals surface area contributed by atoms with Crippen molar-refractivity contribution in [2.45, 2.75) is 71.8 Å². The molecule has 0 aromatic carbocycles. The lowest BCUT2D eigenvalue weighted by Crippen LogP contribution is -2.41. The van der Waals surface area contributed by atoms with Gasteiger partial charge in [0.15, 0.2) is 0 Å². The lowest BCUT2D eigenvalue weighted by atomic mass is 10.1. The third kappa shape index (κ3) is 11.3. The number of carbonyl (C=O) groups excluding carboxylic acids is 1. The number of hydrogen-bond acceptors (Lipinski definition) is 2. The summed E-state index contributed by atoms with van der Waals surface area (Å²) in [7, 11) is 0. The summed E-state index contributed by atoms with van der Waals surface area (Å²) in [6.07, 6.45) is 6.95. The van der Waals surface area contributed by atoms with Gasteiger partial charge in [-0.1, -0.05) is 39.0 Å². The van der Waals surface area contributed by atoms with Crippen LogP contribution in [0.5, 0.6) is 0 Å². The third-order valence-corrected chi connectivity index (χ3v) is 2.21. The van der Waals surface area contributed by atoms with Crippen LogP contribution in [-0.2, 0) is 4.74 Å². The van der Waals surface area contributed by atoms with E-state index in [9.17, 15) is 4.79 Å². The molecule has 0 radical (unpaired) electrons. The van der Waals surface area contributed by atoms with Gasteiger partial charge in [0.1, 0.15) is 0 Å². The van der Waals surface area contributed by atoms with Crippen molar-refractivity contribution in [3.8, 4) is 0 Å². The molecule has 0 saturated heterocycles. The first kappa shape index (κ1) is 15.3. The number of hydrogen-bond donors (Lipinski definition) is 1. The van der Waals surface area contributed by atoms with Crippen LogP contribution in [0.25, 0.3) is 0 Å². The van der Waals surface area contributed by atoms with Gasteiger partial charge in [0.2, 0.25) is 0 Å². The van der Waals surface area contributed by atoms with Crippen molar-refractivity contribution in [3.05, 3.63) is 0 Å². The number of nitrogens with one attached hydrogen (secondary N) is 1. The highest BCUT2D eigenvalue weighted by molar-refractivity contribution is 5.67. The molecular weight excluding hydrogens is 202 g/mol. The van der Waals surface area contributed by atoms with Gasteiger partial charge in [0, 0.05) is 5.54 Å². The van der Waals surface area contributed by atoms with Gasteiger partial charge in [-0.05, 0) is 27.2 Å². The largest absolute Gasteiger partial charge is 0.450 e. The first-order valence-corrected chi connectivity index (χ1v) is 6.40. The highest BCUT2D eigenvalue weighted by atomic mass is 16.5. The van der Waals surface area contributed by atoms with E-state index in [1.807, 2.05) is 20.8 Å². The average molecular weight is 229 g/mol. The lowest BCUT2D eigenvalue weighted by Gasteiger charge is -2.19. The van der Waals surface area contributed by atoms with Crippen LogP contribution < -0.4 is 5.32 Å². The molecule has 0 spiro atoms. The quantitative estimate of drug-likeness (QED) is 0.673. The summed E-state index contributed by atoms with van der Waals surface area (Å²) in [6.45, 7) is 8.57. The summed E-state index contributed by atoms with van der Waals surface area (Å²) in [5.41, 5.74) is -0.210. The van der Waals surface area contributed by atoms with Crippen LogP contribution >= 0.6 is 0 Å². The minimum absolute atomic E-state index is 0.210. The van der Waals surface area contributed by atoms with Crippen molar-refractivity contribution >= 4 is 6.09 Å². The zero-order valence-electron chi connectivity index (χ0n) is 11.3. The fraction of sp³-hybridized carbons (Fsp3) is 0.923. The Morgan fingerprint density at radius 1 is 1.06 bits per heavy atom. The average Bonchev–Trinajstić information content (AvgIpc) is 2.13. The Hall–Kier alpha value is -0.730. The molecule has 1 amide bonds. The van der Waals surface area contributed by atoms with Gasteiger partial charge in [-0.25, -0.2) is 4.79 Å². The summed E-state index contributed by atoms with van der Waals surface area (Å²) in [5.74, 6) is 0. The van der Waals surface area contributed by atoms with Crippen LogP contribution in [0.3, 0.4) is 0 Å². The Kier molecular flexibility index (Phi) is 8.04. The summed E-state index contributed by atoms with van der Waals surface area (Å²) in [6, 6.07) is 0. The smallest absolute Gasteiger partial charge is 0.407 e. The molecule has 0 atom stereocenters. The third-order valence-electron chi connectivity index (χ3n) is 2.21. The highest BCUT2D eigenvalue weighted by Gasteiger charge is 2.13. The van der Waals surface area contributed by atoms with Gasteiger partial charge >= 0.3 is 6.09 Å². The van der Waals surface area contributed by atoms with E-state index in [-0.39, 0.29) is 11.6 Å². The molecule has 0 aromatic rings. The molecule has 0 saturated carbocycles.